The van der Waals surface area contributed by atoms with Crippen LogP contribution in [0.5, 0.6) is 0 Å². The highest BCUT2D eigenvalue weighted by Crippen LogP contribution is 2.45. The zero-order valence-electron chi connectivity index (χ0n) is 68.0. The first-order chi connectivity index (χ1) is 49.6. The number of phosphoric acid groups is 2. The number of hydrogen-bond donors (Lipinski definition) is 3. The van der Waals surface area contributed by atoms with E-state index in [2.05, 4.69) is 55.4 Å². The maximum absolute atomic E-state index is 13.1. The predicted octanol–water partition coefficient (Wildman–Crippen LogP) is 25.2. The third kappa shape index (κ3) is 76.6. The number of carbonyl (C=O) groups excluding carboxylic acids is 4. The Bertz CT molecular complexity index is 2010. The van der Waals surface area contributed by atoms with Gasteiger partial charge < -0.3 is 33.8 Å². The summed E-state index contributed by atoms with van der Waals surface area (Å²) in [5.74, 6) is 0.978. The highest BCUT2D eigenvalue weighted by atomic mass is 31.2. The number of hydrogen-bond acceptors (Lipinski definition) is 15. The molecule has 0 saturated heterocycles. The van der Waals surface area contributed by atoms with Gasteiger partial charge in [-0.3, -0.25) is 37.3 Å². The fourth-order valence-electron chi connectivity index (χ4n) is 12.9. The van der Waals surface area contributed by atoms with E-state index in [0.717, 1.165) is 114 Å². The standard InChI is InChI=1S/C84H164O17P2/c1-9-77(8)63-55-47-42-43-49-57-65-82(87)95-71-80(100-83(88)66-58-50-40-33-29-25-21-17-13-11-15-19-23-27-31-37-45-53-61-75(4)5)73-99-103(92,93)97-69-78(85)68-96-102(90,91)98-72-79(101-84(89)67-59-51-41-35-34-38-46-54-62-76(6)7)70-94-81(86)64-56-48-39-32-28-24-20-16-12-10-14-18-22-26-30-36-44-52-60-74(2)3/h74-80,85H,9-73H2,1-8H3,(H,90,91)(H,92,93)/t77?,78-,79-,80-/m1/s1. The minimum Gasteiger partial charge on any atom is -0.462 e. The van der Waals surface area contributed by atoms with Gasteiger partial charge in [-0.05, 0) is 49.4 Å². The summed E-state index contributed by atoms with van der Waals surface area (Å²) in [6.45, 7) is 14.3. The molecule has 0 aromatic rings. The normalized spacial score (nSPS) is 14.2. The number of phosphoric ester groups is 2. The SMILES string of the molecule is CCC(C)CCCCCCCCC(=O)OC[C@H](COP(=O)(O)OC[C@H](O)COP(=O)(O)OC[C@@H](COC(=O)CCCCCCCCCCCCCCCCCCCCC(C)C)OC(=O)CCCCCCCCCCC(C)C)OC(=O)CCCCCCCCCCCCCCCCCCCCC(C)C. The lowest BCUT2D eigenvalue weighted by atomic mass is 10.00. The summed E-state index contributed by atoms with van der Waals surface area (Å²) in [6, 6.07) is 0. The summed E-state index contributed by atoms with van der Waals surface area (Å²) in [4.78, 5) is 73.0. The van der Waals surface area contributed by atoms with Gasteiger partial charge in [0.25, 0.3) is 0 Å². The van der Waals surface area contributed by atoms with Crippen molar-refractivity contribution in [3.63, 3.8) is 0 Å². The summed E-state index contributed by atoms with van der Waals surface area (Å²) in [5.41, 5.74) is 0. The predicted molar refractivity (Wildman–Crippen MR) is 423 cm³/mol. The quantitative estimate of drug-likeness (QED) is 0.0222. The van der Waals surface area contributed by atoms with E-state index in [0.29, 0.717) is 31.6 Å². The van der Waals surface area contributed by atoms with Gasteiger partial charge in [-0.15, -0.1) is 0 Å². The van der Waals surface area contributed by atoms with Crippen molar-refractivity contribution in [3.05, 3.63) is 0 Å². The minimum atomic E-state index is -4.96. The number of carbonyl (C=O) groups is 4. The van der Waals surface area contributed by atoms with Crippen LogP contribution in [0.1, 0.15) is 434 Å². The lowest BCUT2D eigenvalue weighted by Gasteiger charge is -2.21. The molecule has 0 bridgehead atoms. The summed E-state index contributed by atoms with van der Waals surface area (Å²) in [5, 5.41) is 10.6. The minimum absolute atomic E-state index is 0.105. The van der Waals surface area contributed by atoms with Crippen LogP contribution in [0.15, 0.2) is 0 Å². The van der Waals surface area contributed by atoms with Crippen LogP contribution in [-0.2, 0) is 65.4 Å². The first-order valence-corrected chi connectivity index (χ1v) is 46.2. The van der Waals surface area contributed by atoms with Crippen LogP contribution in [0.2, 0.25) is 0 Å². The van der Waals surface area contributed by atoms with Crippen molar-refractivity contribution in [1.29, 1.82) is 0 Å². The molecule has 0 radical (unpaired) electrons. The molecule has 0 aliphatic heterocycles. The van der Waals surface area contributed by atoms with Gasteiger partial charge in [0.15, 0.2) is 12.2 Å². The third-order valence-corrected chi connectivity index (χ3v) is 21.8. The Hall–Kier alpha value is -1.94. The number of rotatable bonds is 81. The van der Waals surface area contributed by atoms with Crippen LogP contribution in [-0.4, -0.2) is 96.7 Å². The highest BCUT2D eigenvalue weighted by Gasteiger charge is 2.30. The van der Waals surface area contributed by atoms with Gasteiger partial charge in [0.05, 0.1) is 26.4 Å². The zero-order chi connectivity index (χ0) is 76.0. The molecule has 19 heteroatoms. The molecule has 612 valence electrons. The Morgan fingerprint density at radius 2 is 0.466 bits per heavy atom. The molecule has 0 spiro atoms. The van der Waals surface area contributed by atoms with Crippen molar-refractivity contribution in [1.82, 2.24) is 0 Å². The highest BCUT2D eigenvalue weighted by molar-refractivity contribution is 7.47. The van der Waals surface area contributed by atoms with Crippen molar-refractivity contribution in [3.8, 4) is 0 Å². The lowest BCUT2D eigenvalue weighted by Crippen LogP contribution is -2.30. The van der Waals surface area contributed by atoms with E-state index in [-0.39, 0.29) is 25.7 Å². The van der Waals surface area contributed by atoms with E-state index in [1.807, 2.05) is 0 Å². The Balaban J connectivity index is 5.13. The van der Waals surface area contributed by atoms with E-state index in [1.54, 1.807) is 0 Å². The Labute approximate surface area is 632 Å². The van der Waals surface area contributed by atoms with Crippen molar-refractivity contribution >= 4 is 39.5 Å². The van der Waals surface area contributed by atoms with Crippen molar-refractivity contribution in [2.75, 3.05) is 39.6 Å². The lowest BCUT2D eigenvalue weighted by molar-refractivity contribution is -0.161. The molecule has 0 fully saturated rings. The molecule has 0 aliphatic carbocycles. The van der Waals surface area contributed by atoms with Crippen LogP contribution >= 0.6 is 15.6 Å². The summed E-state index contributed by atoms with van der Waals surface area (Å²) in [6.07, 6.45) is 61.4. The molecule has 3 N–H and O–H groups in total. The Morgan fingerprint density at radius 3 is 0.689 bits per heavy atom. The number of aliphatic hydroxyl groups excluding tert-OH is 1. The number of unbranched alkanes of at least 4 members (excludes halogenated alkanes) is 46. The van der Waals surface area contributed by atoms with Crippen LogP contribution in [0, 0.1) is 23.7 Å². The molecule has 0 aromatic heterocycles. The molecular weight excluding hydrogens is 1340 g/mol. The molecular formula is C84H164O17P2. The van der Waals surface area contributed by atoms with Gasteiger partial charge in [-0.25, -0.2) is 9.13 Å². The average Bonchev–Trinajstić information content (AvgIpc) is 0.909. The molecule has 0 heterocycles. The zero-order valence-corrected chi connectivity index (χ0v) is 69.7. The second-order valence-corrected chi connectivity index (χ2v) is 34.8. The molecule has 0 aliphatic rings. The van der Waals surface area contributed by atoms with Crippen LogP contribution in [0.3, 0.4) is 0 Å². The molecule has 0 rings (SSSR count). The summed E-state index contributed by atoms with van der Waals surface area (Å²) in [7, 11) is -9.92. The number of esters is 4. The topological polar surface area (TPSA) is 237 Å². The van der Waals surface area contributed by atoms with Crippen molar-refractivity contribution in [2.24, 2.45) is 23.7 Å². The Kier molecular flexibility index (Phi) is 71.5. The average molecular weight is 1510 g/mol. The third-order valence-electron chi connectivity index (χ3n) is 19.9. The maximum atomic E-state index is 13.1. The van der Waals surface area contributed by atoms with Crippen molar-refractivity contribution in [2.45, 2.75) is 453 Å². The van der Waals surface area contributed by atoms with Gasteiger partial charge in [0, 0.05) is 25.7 Å². The second-order valence-electron chi connectivity index (χ2n) is 31.9. The van der Waals surface area contributed by atoms with Crippen LogP contribution in [0.25, 0.3) is 0 Å². The van der Waals surface area contributed by atoms with E-state index in [4.69, 9.17) is 37.0 Å². The first-order valence-electron chi connectivity index (χ1n) is 43.2. The molecule has 0 saturated carbocycles. The monoisotopic (exact) mass is 1510 g/mol. The van der Waals surface area contributed by atoms with E-state index >= 15 is 0 Å². The number of aliphatic hydroxyl groups is 1. The fraction of sp³-hybridized carbons (Fsp3) is 0.952. The van der Waals surface area contributed by atoms with Gasteiger partial charge in [0.1, 0.15) is 19.3 Å². The first kappa shape index (κ1) is 101. The van der Waals surface area contributed by atoms with Gasteiger partial charge in [0.2, 0.25) is 0 Å². The van der Waals surface area contributed by atoms with Gasteiger partial charge in [-0.1, -0.05) is 383 Å². The molecule has 0 amide bonds. The van der Waals surface area contributed by atoms with Gasteiger partial charge >= 0.3 is 39.5 Å². The van der Waals surface area contributed by atoms with Gasteiger partial charge in [-0.2, -0.15) is 0 Å². The summed E-state index contributed by atoms with van der Waals surface area (Å²) >= 11 is 0. The molecule has 17 nitrogen and oxygen atoms in total. The molecule has 3 unspecified atom stereocenters. The van der Waals surface area contributed by atoms with Crippen LogP contribution in [0.4, 0.5) is 0 Å². The molecule has 103 heavy (non-hydrogen) atoms. The van der Waals surface area contributed by atoms with Crippen molar-refractivity contribution < 1.29 is 80.2 Å². The maximum Gasteiger partial charge on any atom is 0.472 e. The Morgan fingerprint density at radius 1 is 0.272 bits per heavy atom. The van der Waals surface area contributed by atoms with E-state index in [1.165, 1.54) is 231 Å². The molecule has 6 atom stereocenters. The second kappa shape index (κ2) is 72.9. The summed E-state index contributed by atoms with van der Waals surface area (Å²) < 4.78 is 68.7. The largest absolute Gasteiger partial charge is 0.472 e. The van der Waals surface area contributed by atoms with Crippen LogP contribution < -0.4 is 0 Å². The van der Waals surface area contributed by atoms with E-state index in [9.17, 15) is 43.2 Å². The number of ether oxygens (including phenoxy) is 4. The van der Waals surface area contributed by atoms with E-state index < -0.39 is 97.5 Å². The molecule has 0 aromatic carbocycles. The smallest absolute Gasteiger partial charge is 0.462 e. The fourth-order valence-corrected chi connectivity index (χ4v) is 14.5.